The fourth-order valence-electron chi connectivity index (χ4n) is 5.45. The van der Waals surface area contributed by atoms with Crippen LogP contribution in [0.15, 0.2) is 36.4 Å². The quantitative estimate of drug-likeness (QED) is 0.317. The maximum Gasteiger partial charge on any atom is 0.289 e. The van der Waals surface area contributed by atoms with E-state index < -0.39 is 41.5 Å². The molecule has 214 valence electrons. The molecule has 10 heteroatoms. The van der Waals surface area contributed by atoms with Crippen molar-refractivity contribution in [2.24, 2.45) is 11.8 Å². The summed E-state index contributed by atoms with van der Waals surface area (Å²) in [6.45, 7) is 4.32. The van der Waals surface area contributed by atoms with Crippen LogP contribution in [0.2, 0.25) is 0 Å². The third-order valence-electron chi connectivity index (χ3n) is 7.64. The van der Waals surface area contributed by atoms with Gasteiger partial charge in [0.15, 0.2) is 0 Å². The summed E-state index contributed by atoms with van der Waals surface area (Å²) in [4.78, 5) is 69.5. The summed E-state index contributed by atoms with van der Waals surface area (Å²) in [5.74, 6) is -3.26. The Balaban J connectivity index is 1.48. The van der Waals surface area contributed by atoms with Crippen LogP contribution in [0.4, 0.5) is 0 Å². The zero-order valence-corrected chi connectivity index (χ0v) is 23.2. The van der Waals surface area contributed by atoms with Gasteiger partial charge in [-0.05, 0) is 50.2 Å². The fourth-order valence-corrected chi connectivity index (χ4v) is 5.45. The van der Waals surface area contributed by atoms with Gasteiger partial charge in [-0.2, -0.15) is 0 Å². The molecule has 2 aliphatic rings. The molecule has 1 saturated heterocycles. The smallest absolute Gasteiger partial charge is 0.289 e. The largest absolute Gasteiger partial charge is 0.356 e. The van der Waals surface area contributed by atoms with Crippen LogP contribution in [0.3, 0.4) is 0 Å². The molecular formula is C30H39N5O5. The number of fused-ring (bicyclic) bond motifs is 1. The molecule has 4 amide bonds. The summed E-state index contributed by atoms with van der Waals surface area (Å²) < 4.78 is 0. The minimum absolute atomic E-state index is 0.0169. The van der Waals surface area contributed by atoms with Crippen LogP contribution in [-0.4, -0.2) is 59.1 Å². The lowest BCUT2D eigenvalue weighted by molar-refractivity contribution is -0.141. The summed E-state index contributed by atoms with van der Waals surface area (Å²) in [5.41, 5.74) is 0.826. The van der Waals surface area contributed by atoms with Gasteiger partial charge in [-0.3, -0.25) is 24.0 Å². The van der Waals surface area contributed by atoms with Gasteiger partial charge in [-0.1, -0.05) is 57.4 Å². The Kier molecular flexibility index (Phi) is 9.84. The van der Waals surface area contributed by atoms with Gasteiger partial charge in [-0.25, -0.2) is 4.98 Å². The third-order valence-corrected chi connectivity index (χ3v) is 7.64. The maximum absolute atomic E-state index is 13.5. The van der Waals surface area contributed by atoms with E-state index in [1.165, 1.54) is 0 Å². The molecule has 0 unspecified atom stereocenters. The van der Waals surface area contributed by atoms with Gasteiger partial charge in [0.2, 0.25) is 17.6 Å². The number of Topliss-reactive ketones (excluding diaryl/α,β-unsaturated/α-hetero) is 1. The van der Waals surface area contributed by atoms with E-state index in [0.29, 0.717) is 24.9 Å². The molecule has 0 bridgehead atoms. The van der Waals surface area contributed by atoms with Crippen molar-refractivity contribution in [3.8, 4) is 0 Å². The van der Waals surface area contributed by atoms with E-state index in [0.717, 1.165) is 37.5 Å². The number of nitrogens with zero attached hydrogens (tertiary/aromatic N) is 1. The standard InChI is InChI=1S/C30H39N5O5/c1-18(2)16-25(35-28(38)23-13-12-19-8-6-7-11-22(19)33-23)29(39)34-24(17-20-14-15-31-27(20)37)26(36)30(40)32-21-9-4-3-5-10-21/h6-8,11-13,18,20-21,24-25H,3-5,9-10,14-17H2,1-2H3,(H,31,37)(H,32,40)(H,34,39)(H,35,38)/t20-,24-,25-/m0/s1. The Hall–Kier alpha value is -3.82. The van der Waals surface area contributed by atoms with Gasteiger partial charge in [0, 0.05) is 23.9 Å². The Labute approximate surface area is 234 Å². The number of aromatic nitrogens is 1. The molecule has 2 aromatic rings. The van der Waals surface area contributed by atoms with Crippen molar-refractivity contribution >= 4 is 40.3 Å². The number of benzene rings is 1. The normalized spacial score (nSPS) is 19.1. The van der Waals surface area contributed by atoms with Gasteiger partial charge in [0.1, 0.15) is 11.7 Å². The second-order valence-electron chi connectivity index (χ2n) is 11.3. The summed E-state index contributed by atoms with van der Waals surface area (Å²) in [7, 11) is 0. The van der Waals surface area contributed by atoms with Gasteiger partial charge in [0.25, 0.3) is 11.8 Å². The minimum Gasteiger partial charge on any atom is -0.356 e. The second-order valence-corrected chi connectivity index (χ2v) is 11.3. The first-order valence-corrected chi connectivity index (χ1v) is 14.3. The van der Waals surface area contributed by atoms with Crippen LogP contribution < -0.4 is 21.3 Å². The van der Waals surface area contributed by atoms with Crippen molar-refractivity contribution in [1.29, 1.82) is 0 Å². The third kappa shape index (κ3) is 7.64. The number of rotatable bonds is 11. The lowest BCUT2D eigenvalue weighted by Gasteiger charge is -2.26. The number of carbonyl (C=O) groups excluding carboxylic acids is 5. The molecule has 1 aromatic heterocycles. The number of nitrogens with one attached hydrogen (secondary N) is 4. The van der Waals surface area contributed by atoms with Crippen LogP contribution in [0, 0.1) is 11.8 Å². The lowest BCUT2D eigenvalue weighted by atomic mass is 9.93. The van der Waals surface area contributed by atoms with E-state index in [2.05, 4.69) is 26.3 Å². The van der Waals surface area contributed by atoms with Gasteiger partial charge in [0.05, 0.1) is 11.6 Å². The second kappa shape index (κ2) is 13.5. The first kappa shape index (κ1) is 29.2. The summed E-state index contributed by atoms with van der Waals surface area (Å²) >= 11 is 0. The van der Waals surface area contributed by atoms with Crippen molar-refractivity contribution < 1.29 is 24.0 Å². The lowest BCUT2D eigenvalue weighted by Crippen LogP contribution is -2.55. The average Bonchev–Trinajstić information content (AvgIpc) is 3.35. The molecule has 2 fully saturated rings. The zero-order chi connectivity index (χ0) is 28.6. The summed E-state index contributed by atoms with van der Waals surface area (Å²) in [6.07, 6.45) is 5.55. The number of hydrogen-bond donors (Lipinski definition) is 4. The Bertz CT molecular complexity index is 1260. The monoisotopic (exact) mass is 549 g/mol. The van der Waals surface area contributed by atoms with Crippen LogP contribution in [0.1, 0.15) is 75.7 Å². The van der Waals surface area contributed by atoms with Crippen molar-refractivity contribution in [1.82, 2.24) is 26.3 Å². The number of ketones is 1. The zero-order valence-electron chi connectivity index (χ0n) is 23.2. The molecule has 1 saturated carbocycles. The molecule has 0 radical (unpaired) electrons. The van der Waals surface area contributed by atoms with E-state index in [4.69, 9.17) is 0 Å². The molecular weight excluding hydrogens is 510 g/mol. The van der Waals surface area contributed by atoms with Crippen LogP contribution in [0.25, 0.3) is 10.9 Å². The van der Waals surface area contributed by atoms with E-state index in [9.17, 15) is 24.0 Å². The summed E-state index contributed by atoms with van der Waals surface area (Å²) in [5, 5.41) is 11.9. The van der Waals surface area contributed by atoms with Crippen molar-refractivity contribution in [2.75, 3.05) is 6.54 Å². The molecule has 10 nitrogen and oxygen atoms in total. The molecule has 0 spiro atoms. The Morgan fingerprint density at radius 1 is 0.950 bits per heavy atom. The van der Waals surface area contributed by atoms with Gasteiger partial charge in [-0.15, -0.1) is 0 Å². The predicted molar refractivity (Wildman–Crippen MR) is 150 cm³/mol. The highest BCUT2D eigenvalue weighted by Crippen LogP contribution is 2.20. The van der Waals surface area contributed by atoms with Crippen molar-refractivity contribution in [3.05, 3.63) is 42.1 Å². The SMILES string of the molecule is CC(C)C[C@H](NC(=O)c1ccc2ccccc2n1)C(=O)N[C@@H](C[C@@H]1CCNC1=O)C(=O)C(=O)NC1CCCCC1. The highest BCUT2D eigenvalue weighted by Gasteiger charge is 2.36. The molecule has 1 aromatic carbocycles. The molecule has 4 N–H and O–H groups in total. The van der Waals surface area contributed by atoms with Crippen LogP contribution in [0.5, 0.6) is 0 Å². The van der Waals surface area contributed by atoms with E-state index in [-0.39, 0.29) is 30.0 Å². The van der Waals surface area contributed by atoms with E-state index in [1.807, 2.05) is 32.0 Å². The number of carbonyl (C=O) groups is 5. The highest BCUT2D eigenvalue weighted by atomic mass is 16.2. The average molecular weight is 550 g/mol. The van der Waals surface area contributed by atoms with Crippen LogP contribution in [-0.2, 0) is 19.2 Å². The number of para-hydroxylation sites is 1. The summed E-state index contributed by atoms with van der Waals surface area (Å²) in [6, 6.07) is 8.59. The number of amides is 4. The molecule has 1 aliphatic carbocycles. The molecule has 1 aliphatic heterocycles. The maximum atomic E-state index is 13.5. The van der Waals surface area contributed by atoms with Crippen LogP contribution >= 0.6 is 0 Å². The minimum atomic E-state index is -1.18. The number of hydrogen-bond acceptors (Lipinski definition) is 6. The topological polar surface area (TPSA) is 146 Å². The predicted octanol–water partition coefficient (Wildman–Crippen LogP) is 2.41. The molecule has 2 heterocycles. The molecule has 4 rings (SSSR count). The first-order valence-electron chi connectivity index (χ1n) is 14.3. The first-order chi connectivity index (χ1) is 19.2. The highest BCUT2D eigenvalue weighted by molar-refractivity contribution is 6.38. The molecule has 40 heavy (non-hydrogen) atoms. The van der Waals surface area contributed by atoms with Crippen molar-refractivity contribution in [3.63, 3.8) is 0 Å². The van der Waals surface area contributed by atoms with E-state index >= 15 is 0 Å². The Morgan fingerprint density at radius 3 is 2.40 bits per heavy atom. The van der Waals surface area contributed by atoms with Gasteiger partial charge >= 0.3 is 0 Å². The fraction of sp³-hybridized carbons (Fsp3) is 0.533. The van der Waals surface area contributed by atoms with E-state index in [1.54, 1.807) is 18.2 Å². The van der Waals surface area contributed by atoms with Gasteiger partial charge < -0.3 is 21.3 Å². The number of pyridine rings is 1. The van der Waals surface area contributed by atoms with Crippen molar-refractivity contribution in [2.45, 2.75) is 83.3 Å². The Morgan fingerprint density at radius 2 is 1.70 bits per heavy atom. The molecule has 3 atom stereocenters.